The van der Waals surface area contributed by atoms with Gasteiger partial charge in [0.15, 0.2) is 12.6 Å². The van der Waals surface area contributed by atoms with Crippen LogP contribution < -0.4 is 0 Å². The molecule has 0 aliphatic carbocycles. The van der Waals surface area contributed by atoms with E-state index in [1.54, 1.807) is 34.6 Å². The first-order valence-corrected chi connectivity index (χ1v) is 18.3. The van der Waals surface area contributed by atoms with Crippen molar-refractivity contribution in [2.75, 3.05) is 21.2 Å². The summed E-state index contributed by atoms with van der Waals surface area (Å²) in [4.78, 5) is 16.1. The van der Waals surface area contributed by atoms with E-state index in [1.807, 2.05) is 46.7 Å². The first-order valence-electron chi connectivity index (χ1n) is 18.3. The molecule has 17 atom stereocenters. The topological polar surface area (TPSA) is 166 Å². The molecule has 3 saturated heterocycles. The lowest BCUT2D eigenvalue weighted by atomic mass is 9.78. The maximum atomic E-state index is 14.1. The van der Waals surface area contributed by atoms with Gasteiger partial charge in [-0.05, 0) is 81.0 Å². The van der Waals surface area contributed by atoms with Crippen LogP contribution in [0.5, 0.6) is 0 Å². The summed E-state index contributed by atoms with van der Waals surface area (Å²) in [7, 11) is 5.34. The fraction of sp³-hybridized carbons (Fsp3) is 0.919. The van der Waals surface area contributed by atoms with E-state index in [0.29, 0.717) is 18.6 Å². The molecule has 4 heterocycles. The molecule has 0 saturated carbocycles. The van der Waals surface area contributed by atoms with Crippen molar-refractivity contribution in [1.29, 1.82) is 0 Å². The molecule has 4 aliphatic heterocycles. The average molecular weight is 716 g/mol. The standard InChI is InChI=1S/C37H65NO12/c1-14-25-37(10,43)30(40)20(4)28-18(2)16-36(9,50-28)32(49-34-27(39)24(38(11)12)15-19(3)45-34)21(5)29(22(6)33(42)47-25)48-26-17-35(8,44-13)31(41)23(7)46-26/h19-27,29-32,34,39-41,43H,14-17H2,1-13H3/t19?,20-,21-,22+,23?,24?,25+,26-,27-,29-,30+,31-,32+,34-,35-,36+,37+/m0/s1. The van der Waals surface area contributed by atoms with Crippen molar-refractivity contribution in [1.82, 2.24) is 4.90 Å². The highest BCUT2D eigenvalue weighted by Crippen LogP contribution is 2.47. The fourth-order valence-corrected chi connectivity index (χ4v) is 8.73. The molecule has 290 valence electrons. The number of hydrogen-bond acceptors (Lipinski definition) is 13. The van der Waals surface area contributed by atoms with Gasteiger partial charge in [-0.3, -0.25) is 4.79 Å². The summed E-state index contributed by atoms with van der Waals surface area (Å²) in [5, 5.41) is 45.9. The zero-order valence-electron chi connectivity index (χ0n) is 32.4. The van der Waals surface area contributed by atoms with Crippen LogP contribution in [-0.2, 0) is 38.0 Å². The monoisotopic (exact) mass is 715 g/mol. The quantitative estimate of drug-likeness (QED) is 0.285. The first-order chi connectivity index (χ1) is 23.1. The second kappa shape index (κ2) is 15.5. The Bertz CT molecular complexity index is 1210. The highest BCUT2D eigenvalue weighted by atomic mass is 16.7. The Kier molecular flexibility index (Phi) is 12.8. The molecule has 4 aliphatic rings. The molecule has 3 fully saturated rings. The van der Waals surface area contributed by atoms with E-state index in [0.717, 1.165) is 5.57 Å². The molecule has 0 spiro atoms. The summed E-state index contributed by atoms with van der Waals surface area (Å²) >= 11 is 0. The van der Waals surface area contributed by atoms with Gasteiger partial charge in [-0.15, -0.1) is 0 Å². The number of carbonyl (C=O) groups is 1. The zero-order valence-corrected chi connectivity index (χ0v) is 32.4. The molecule has 4 rings (SSSR count). The van der Waals surface area contributed by atoms with E-state index in [4.69, 9.17) is 33.2 Å². The minimum atomic E-state index is -1.82. The van der Waals surface area contributed by atoms with Crippen LogP contribution in [0.15, 0.2) is 11.3 Å². The molecule has 0 aromatic heterocycles. The Labute approximate surface area is 298 Å². The van der Waals surface area contributed by atoms with Crippen LogP contribution in [0.4, 0.5) is 0 Å². The van der Waals surface area contributed by atoms with Crippen molar-refractivity contribution in [3.8, 4) is 0 Å². The largest absolute Gasteiger partial charge is 0.489 e. The molecule has 0 amide bonds. The van der Waals surface area contributed by atoms with Crippen molar-refractivity contribution >= 4 is 5.97 Å². The number of rotatable bonds is 7. The van der Waals surface area contributed by atoms with Gasteiger partial charge < -0.3 is 58.5 Å². The van der Waals surface area contributed by atoms with Crippen LogP contribution in [0.1, 0.15) is 94.9 Å². The van der Waals surface area contributed by atoms with Crippen molar-refractivity contribution in [3.63, 3.8) is 0 Å². The number of likely N-dealkylation sites (N-methyl/N-ethyl adjacent to an activating group) is 1. The van der Waals surface area contributed by atoms with Crippen LogP contribution in [0.3, 0.4) is 0 Å². The summed E-state index contributed by atoms with van der Waals surface area (Å²) in [6, 6.07) is -0.235. The molecule has 13 nitrogen and oxygen atoms in total. The van der Waals surface area contributed by atoms with Crippen LogP contribution in [0, 0.1) is 17.8 Å². The van der Waals surface area contributed by atoms with Gasteiger partial charge in [0.2, 0.25) is 0 Å². The third kappa shape index (κ3) is 7.93. The maximum absolute atomic E-state index is 14.1. The molecule has 0 aromatic carbocycles. The first kappa shape index (κ1) is 41.4. The second-order valence-electron chi connectivity index (χ2n) is 16.3. The van der Waals surface area contributed by atoms with Crippen LogP contribution in [0.2, 0.25) is 0 Å². The van der Waals surface area contributed by atoms with Crippen LogP contribution >= 0.6 is 0 Å². The molecular formula is C37H65NO12. The highest BCUT2D eigenvalue weighted by molar-refractivity contribution is 5.73. The van der Waals surface area contributed by atoms with Gasteiger partial charge >= 0.3 is 5.97 Å². The van der Waals surface area contributed by atoms with E-state index in [9.17, 15) is 25.2 Å². The summed E-state index contributed by atoms with van der Waals surface area (Å²) < 4.78 is 44.6. The van der Waals surface area contributed by atoms with E-state index >= 15 is 0 Å². The molecule has 2 bridgehead atoms. The van der Waals surface area contributed by atoms with Crippen molar-refractivity contribution in [2.24, 2.45) is 17.8 Å². The number of carbonyl (C=O) groups excluding carboxylic acids is 1. The summed E-state index contributed by atoms with van der Waals surface area (Å²) in [6.07, 6.45) is -7.39. The molecule has 3 unspecified atom stereocenters. The van der Waals surface area contributed by atoms with Crippen LogP contribution in [0.25, 0.3) is 0 Å². The lowest BCUT2D eigenvalue weighted by Crippen LogP contribution is -2.60. The maximum Gasteiger partial charge on any atom is 0.311 e. The Morgan fingerprint density at radius 3 is 2.18 bits per heavy atom. The number of aliphatic hydroxyl groups excluding tert-OH is 3. The van der Waals surface area contributed by atoms with E-state index in [-0.39, 0.29) is 25.0 Å². The highest BCUT2D eigenvalue weighted by Gasteiger charge is 2.56. The number of cyclic esters (lactones) is 1. The normalized spacial score (nSPS) is 49.5. The smallest absolute Gasteiger partial charge is 0.311 e. The summed E-state index contributed by atoms with van der Waals surface area (Å²) in [6.45, 7) is 18.0. The number of ether oxygens (including phenoxy) is 7. The van der Waals surface area contributed by atoms with E-state index < -0.39 is 95.8 Å². The number of fused-ring (bicyclic) bond motifs is 2. The molecular weight excluding hydrogens is 650 g/mol. The van der Waals surface area contributed by atoms with Gasteiger partial charge in [0.05, 0.1) is 35.9 Å². The molecule has 0 aromatic rings. The van der Waals surface area contributed by atoms with Gasteiger partial charge in [-0.25, -0.2) is 0 Å². The number of methoxy groups -OCH3 is 1. The second-order valence-corrected chi connectivity index (χ2v) is 16.3. The minimum absolute atomic E-state index is 0.173. The Balaban J connectivity index is 1.84. The van der Waals surface area contributed by atoms with Crippen molar-refractivity contribution in [2.45, 2.75) is 179 Å². The molecule has 13 heteroatoms. The number of esters is 1. The lowest BCUT2D eigenvalue weighted by Gasteiger charge is -2.48. The van der Waals surface area contributed by atoms with E-state index in [2.05, 4.69) is 0 Å². The predicted octanol–water partition coefficient (Wildman–Crippen LogP) is 2.89. The third-order valence-corrected chi connectivity index (χ3v) is 12.0. The third-order valence-electron chi connectivity index (χ3n) is 12.0. The van der Waals surface area contributed by atoms with Crippen molar-refractivity contribution < 1.29 is 58.4 Å². The van der Waals surface area contributed by atoms with Crippen molar-refractivity contribution in [3.05, 3.63) is 11.3 Å². The summed E-state index contributed by atoms with van der Waals surface area (Å²) in [5.74, 6) is -2.31. The average Bonchev–Trinajstić information content (AvgIpc) is 3.37. The van der Waals surface area contributed by atoms with Gasteiger partial charge in [0, 0.05) is 37.8 Å². The number of aliphatic hydroxyl groups is 4. The SMILES string of the molecule is CC[C@H]1OC(=O)[C@H](C)[C@@H](O[C@H]2C[C@](C)(OC)[C@@H](O)C(C)O2)[C@H](C)[C@@H](O[C@@H]2OC(C)CC(N(C)C)[C@@H]2O)[C@@]2(C)CC(C)=C(O2)[C@H](C)[C@@H](O)[C@]1(C)O. The molecule has 4 N–H and O–H groups in total. The van der Waals surface area contributed by atoms with Gasteiger partial charge in [0.1, 0.15) is 41.4 Å². The number of hydrogen-bond donors (Lipinski definition) is 4. The summed E-state index contributed by atoms with van der Waals surface area (Å²) in [5.41, 5.74) is -3.00. The van der Waals surface area contributed by atoms with Gasteiger partial charge in [-0.2, -0.15) is 0 Å². The molecule has 0 radical (unpaired) electrons. The lowest BCUT2D eigenvalue weighted by molar-refractivity contribution is -0.316. The van der Waals surface area contributed by atoms with E-state index in [1.165, 1.54) is 14.0 Å². The van der Waals surface area contributed by atoms with Crippen LogP contribution in [-0.4, -0.2) is 137 Å². The Hall–Kier alpha value is -1.39. The number of nitrogens with zero attached hydrogens (tertiary/aromatic N) is 1. The van der Waals surface area contributed by atoms with Gasteiger partial charge in [-0.1, -0.05) is 20.8 Å². The Morgan fingerprint density at radius 2 is 1.60 bits per heavy atom. The zero-order chi connectivity index (χ0) is 37.7. The van der Waals surface area contributed by atoms with Gasteiger partial charge in [0.25, 0.3) is 0 Å². The Morgan fingerprint density at radius 1 is 0.960 bits per heavy atom. The predicted molar refractivity (Wildman–Crippen MR) is 184 cm³/mol. The fourth-order valence-electron chi connectivity index (χ4n) is 8.73. The minimum Gasteiger partial charge on any atom is -0.489 e. The molecule has 50 heavy (non-hydrogen) atoms.